The molecule has 4 rings (SSSR count). The second-order valence-corrected chi connectivity index (χ2v) is 10.1. The molecular weight excluding hydrogens is 376 g/mol. The SMILES string of the molecule is CCC1O[C@@H](OCC2O[C@@H]3OC(C)(C)OC3C3OC(C)(C)O[C@@H]23)C(C)C(C)[C@@H]1C. The van der Waals surface area contributed by atoms with Gasteiger partial charge in [0.15, 0.2) is 24.2 Å². The molecule has 4 aliphatic rings. The molecule has 168 valence electrons. The molecule has 0 aromatic carbocycles. The first-order valence-corrected chi connectivity index (χ1v) is 11.1. The van der Waals surface area contributed by atoms with E-state index in [-0.39, 0.29) is 36.8 Å². The maximum absolute atomic E-state index is 6.29. The molecule has 0 spiro atoms. The summed E-state index contributed by atoms with van der Waals surface area (Å²) in [7, 11) is 0. The van der Waals surface area contributed by atoms with Gasteiger partial charge >= 0.3 is 0 Å². The average molecular weight is 415 g/mol. The zero-order valence-corrected chi connectivity index (χ0v) is 19.0. The van der Waals surface area contributed by atoms with Crippen LogP contribution in [0.1, 0.15) is 61.8 Å². The van der Waals surface area contributed by atoms with Gasteiger partial charge < -0.3 is 33.2 Å². The molecule has 7 nitrogen and oxygen atoms in total. The first-order chi connectivity index (χ1) is 13.5. The van der Waals surface area contributed by atoms with Crippen molar-refractivity contribution in [1.82, 2.24) is 0 Å². The molecule has 4 aliphatic heterocycles. The molecule has 0 aromatic rings. The van der Waals surface area contributed by atoms with E-state index in [1.807, 2.05) is 27.7 Å². The lowest BCUT2D eigenvalue weighted by molar-refractivity contribution is -0.283. The van der Waals surface area contributed by atoms with Crippen LogP contribution >= 0.6 is 0 Å². The van der Waals surface area contributed by atoms with Crippen LogP contribution < -0.4 is 0 Å². The molecule has 0 N–H and O–H groups in total. The minimum atomic E-state index is -0.716. The van der Waals surface area contributed by atoms with E-state index in [1.54, 1.807) is 0 Å². The number of rotatable bonds is 4. The van der Waals surface area contributed by atoms with Gasteiger partial charge in [0.1, 0.15) is 24.4 Å². The van der Waals surface area contributed by atoms with Crippen LogP contribution in [0, 0.1) is 17.8 Å². The molecule has 4 saturated heterocycles. The average Bonchev–Trinajstić information content (AvgIpc) is 3.13. The Morgan fingerprint density at radius 2 is 1.31 bits per heavy atom. The zero-order valence-electron chi connectivity index (χ0n) is 19.0. The monoisotopic (exact) mass is 414 g/mol. The van der Waals surface area contributed by atoms with Crippen molar-refractivity contribution in [3.63, 3.8) is 0 Å². The molecule has 10 atom stereocenters. The molecular formula is C22H38O7. The summed E-state index contributed by atoms with van der Waals surface area (Å²) in [5, 5.41) is 0. The van der Waals surface area contributed by atoms with Crippen molar-refractivity contribution in [1.29, 1.82) is 0 Å². The van der Waals surface area contributed by atoms with E-state index < -0.39 is 17.9 Å². The Labute approximate surface area is 174 Å². The standard InChI is InChI=1S/C22H38O7/c1-9-14-12(3)11(2)13(4)19(24-14)23-10-15-16-17(27-21(5,6)26-16)18-20(25-15)29-22(7,8)28-18/h11-20H,9-10H2,1-8H3/t11?,12-,13?,14?,15?,16-,17?,18?,19+,20+/m0/s1. The summed E-state index contributed by atoms with van der Waals surface area (Å²) in [5.41, 5.74) is 0. The summed E-state index contributed by atoms with van der Waals surface area (Å²) >= 11 is 0. The summed E-state index contributed by atoms with van der Waals surface area (Å²) in [6.45, 7) is 16.9. The molecule has 4 fully saturated rings. The van der Waals surface area contributed by atoms with E-state index in [2.05, 4.69) is 27.7 Å². The second kappa shape index (κ2) is 7.69. The lowest BCUT2D eigenvalue weighted by atomic mass is 9.78. The van der Waals surface area contributed by atoms with Crippen LogP contribution in [0.5, 0.6) is 0 Å². The first-order valence-electron chi connectivity index (χ1n) is 11.1. The van der Waals surface area contributed by atoms with Gasteiger partial charge in [-0.05, 0) is 46.0 Å². The Morgan fingerprint density at radius 3 is 2.00 bits per heavy atom. The zero-order chi connectivity index (χ0) is 21.1. The molecule has 0 saturated carbocycles. The van der Waals surface area contributed by atoms with Crippen molar-refractivity contribution in [2.45, 2.75) is 116 Å². The Bertz CT molecular complexity index is 592. The minimum absolute atomic E-state index is 0.216. The highest BCUT2D eigenvalue weighted by atomic mass is 16.9. The van der Waals surface area contributed by atoms with E-state index in [0.29, 0.717) is 24.4 Å². The van der Waals surface area contributed by atoms with Crippen molar-refractivity contribution in [3.8, 4) is 0 Å². The Morgan fingerprint density at radius 1 is 0.690 bits per heavy atom. The molecule has 0 amide bonds. The normalized spacial score (nSPS) is 50.9. The lowest BCUT2D eigenvalue weighted by Crippen LogP contribution is -2.57. The summed E-state index contributed by atoms with van der Waals surface area (Å²) < 4.78 is 43.2. The van der Waals surface area contributed by atoms with E-state index in [4.69, 9.17) is 33.2 Å². The topological polar surface area (TPSA) is 64.6 Å². The predicted molar refractivity (Wildman–Crippen MR) is 105 cm³/mol. The largest absolute Gasteiger partial charge is 0.350 e. The fraction of sp³-hybridized carbons (Fsp3) is 1.00. The molecule has 4 heterocycles. The van der Waals surface area contributed by atoms with E-state index >= 15 is 0 Å². The van der Waals surface area contributed by atoms with Crippen LogP contribution in [-0.4, -0.2) is 61.3 Å². The Balaban J connectivity index is 1.45. The highest BCUT2D eigenvalue weighted by Crippen LogP contribution is 2.44. The van der Waals surface area contributed by atoms with Crippen molar-refractivity contribution in [2.24, 2.45) is 17.8 Å². The van der Waals surface area contributed by atoms with E-state index in [1.165, 1.54) is 0 Å². The van der Waals surface area contributed by atoms with Gasteiger partial charge in [0.05, 0.1) is 12.7 Å². The summed E-state index contributed by atoms with van der Waals surface area (Å²) in [5.74, 6) is -0.0624. The fourth-order valence-corrected chi connectivity index (χ4v) is 5.16. The fourth-order valence-electron chi connectivity index (χ4n) is 5.16. The van der Waals surface area contributed by atoms with Gasteiger partial charge in [-0.25, -0.2) is 0 Å². The number of ether oxygens (including phenoxy) is 7. The summed E-state index contributed by atoms with van der Waals surface area (Å²) in [6.07, 6.45) is -0.713. The molecule has 0 radical (unpaired) electrons. The van der Waals surface area contributed by atoms with Crippen molar-refractivity contribution < 1.29 is 33.2 Å². The van der Waals surface area contributed by atoms with E-state index in [0.717, 1.165) is 6.42 Å². The van der Waals surface area contributed by atoms with Gasteiger partial charge in [0.2, 0.25) is 0 Å². The summed E-state index contributed by atoms with van der Waals surface area (Å²) in [6, 6.07) is 0. The minimum Gasteiger partial charge on any atom is -0.350 e. The van der Waals surface area contributed by atoms with Crippen LogP contribution in [0.15, 0.2) is 0 Å². The van der Waals surface area contributed by atoms with Crippen molar-refractivity contribution in [3.05, 3.63) is 0 Å². The quantitative estimate of drug-likeness (QED) is 0.698. The van der Waals surface area contributed by atoms with Gasteiger partial charge in [0, 0.05) is 5.92 Å². The summed E-state index contributed by atoms with van der Waals surface area (Å²) in [4.78, 5) is 0. The van der Waals surface area contributed by atoms with Crippen molar-refractivity contribution >= 4 is 0 Å². The molecule has 29 heavy (non-hydrogen) atoms. The van der Waals surface area contributed by atoms with Gasteiger partial charge in [-0.1, -0.05) is 27.7 Å². The molecule has 0 aromatic heterocycles. The third-order valence-corrected chi connectivity index (χ3v) is 7.06. The first kappa shape index (κ1) is 21.9. The maximum atomic E-state index is 6.29. The smallest absolute Gasteiger partial charge is 0.190 e. The van der Waals surface area contributed by atoms with Crippen LogP contribution in [0.3, 0.4) is 0 Å². The predicted octanol–water partition coefficient (Wildman–Crippen LogP) is 3.44. The van der Waals surface area contributed by atoms with Crippen LogP contribution in [-0.2, 0) is 33.2 Å². The van der Waals surface area contributed by atoms with Gasteiger partial charge in [0.25, 0.3) is 0 Å². The lowest BCUT2D eigenvalue weighted by Gasteiger charge is -2.44. The number of fused-ring (bicyclic) bond motifs is 3. The van der Waals surface area contributed by atoms with Crippen molar-refractivity contribution in [2.75, 3.05) is 6.61 Å². The van der Waals surface area contributed by atoms with Crippen LogP contribution in [0.2, 0.25) is 0 Å². The molecule has 0 bridgehead atoms. The molecule has 0 aliphatic carbocycles. The van der Waals surface area contributed by atoms with Gasteiger partial charge in [-0.2, -0.15) is 0 Å². The Kier molecular flexibility index (Phi) is 5.82. The highest BCUT2D eigenvalue weighted by Gasteiger charge is 2.60. The number of hydrogen-bond donors (Lipinski definition) is 0. The van der Waals surface area contributed by atoms with Gasteiger partial charge in [-0.15, -0.1) is 0 Å². The highest BCUT2D eigenvalue weighted by molar-refractivity contribution is 5.00. The third kappa shape index (κ3) is 4.12. The van der Waals surface area contributed by atoms with Gasteiger partial charge in [-0.3, -0.25) is 0 Å². The maximum Gasteiger partial charge on any atom is 0.190 e. The second-order valence-electron chi connectivity index (χ2n) is 10.1. The molecule has 7 heteroatoms. The third-order valence-electron chi connectivity index (χ3n) is 7.06. The van der Waals surface area contributed by atoms with E-state index in [9.17, 15) is 0 Å². The Hall–Kier alpha value is -0.280. The molecule has 6 unspecified atom stereocenters. The van der Waals surface area contributed by atoms with Crippen LogP contribution in [0.4, 0.5) is 0 Å². The van der Waals surface area contributed by atoms with Crippen LogP contribution in [0.25, 0.3) is 0 Å². The number of hydrogen-bond acceptors (Lipinski definition) is 7.